The van der Waals surface area contributed by atoms with Crippen LogP contribution < -0.4 is 9.54 Å². The zero-order valence-corrected chi connectivity index (χ0v) is 17.8. The Labute approximate surface area is 182 Å². The number of ether oxygens (including phenoxy) is 2. The summed E-state index contributed by atoms with van der Waals surface area (Å²) in [6.07, 6.45) is 0. The number of para-hydroxylation sites is 1. The van der Waals surface area contributed by atoms with Gasteiger partial charge in [0, 0.05) is 24.2 Å². The first-order chi connectivity index (χ1) is 14.6. The average Bonchev–Trinajstić information content (AvgIpc) is 3.09. The lowest BCUT2D eigenvalue weighted by Gasteiger charge is -2.06. The fourth-order valence-corrected chi connectivity index (χ4v) is 4.30. The van der Waals surface area contributed by atoms with E-state index >= 15 is 0 Å². The molecule has 0 saturated heterocycles. The van der Waals surface area contributed by atoms with E-state index in [1.165, 1.54) is 11.3 Å². The summed E-state index contributed by atoms with van der Waals surface area (Å²) in [6.45, 7) is 1.11. The Morgan fingerprint density at radius 1 is 1.03 bits per heavy atom. The van der Waals surface area contributed by atoms with E-state index in [4.69, 9.17) is 21.1 Å². The molecule has 0 unspecified atom stereocenters. The zero-order chi connectivity index (χ0) is 20.9. The SMILES string of the molecule is COCCn1c(=NC(=O)c2ccc(Oc3ccccc3)cc2)sc2cc(Cl)ccc21. The molecule has 1 aromatic heterocycles. The van der Waals surface area contributed by atoms with Crippen LogP contribution >= 0.6 is 22.9 Å². The van der Waals surface area contributed by atoms with Crippen LogP contribution in [0.25, 0.3) is 10.2 Å². The highest BCUT2D eigenvalue weighted by molar-refractivity contribution is 7.16. The minimum atomic E-state index is -0.315. The number of aromatic nitrogens is 1. The molecule has 4 aromatic rings. The standard InChI is InChI=1S/C23H19ClN2O3S/c1-28-14-13-26-20-12-9-17(24)15-21(20)30-23(26)25-22(27)16-7-10-19(11-8-16)29-18-5-3-2-4-6-18/h2-12,15H,13-14H2,1H3. The van der Waals surface area contributed by atoms with Gasteiger partial charge >= 0.3 is 0 Å². The number of thiazole rings is 1. The third-order valence-corrected chi connectivity index (χ3v) is 5.72. The molecule has 0 aliphatic rings. The second-order valence-electron chi connectivity index (χ2n) is 6.50. The molecule has 0 bridgehead atoms. The molecular formula is C23H19ClN2O3S. The predicted molar refractivity (Wildman–Crippen MR) is 120 cm³/mol. The van der Waals surface area contributed by atoms with Crippen LogP contribution in [0.2, 0.25) is 5.02 Å². The number of amides is 1. The van der Waals surface area contributed by atoms with E-state index in [2.05, 4.69) is 4.99 Å². The Hall–Kier alpha value is -2.93. The van der Waals surface area contributed by atoms with E-state index in [1.54, 1.807) is 31.4 Å². The molecule has 0 spiro atoms. The van der Waals surface area contributed by atoms with E-state index in [0.29, 0.717) is 34.3 Å². The van der Waals surface area contributed by atoms with Gasteiger partial charge in [0.05, 0.1) is 16.8 Å². The maximum Gasteiger partial charge on any atom is 0.279 e. The van der Waals surface area contributed by atoms with Crippen molar-refractivity contribution in [3.63, 3.8) is 0 Å². The third-order valence-electron chi connectivity index (χ3n) is 4.44. The molecule has 0 aliphatic heterocycles. The van der Waals surface area contributed by atoms with Crippen molar-refractivity contribution in [3.8, 4) is 11.5 Å². The Kier molecular flexibility index (Phi) is 6.28. The highest BCUT2D eigenvalue weighted by Crippen LogP contribution is 2.23. The van der Waals surface area contributed by atoms with Crippen LogP contribution in [-0.4, -0.2) is 24.2 Å². The number of rotatable bonds is 6. The van der Waals surface area contributed by atoms with E-state index < -0.39 is 0 Å². The molecule has 0 radical (unpaired) electrons. The number of carbonyl (C=O) groups is 1. The normalized spacial score (nSPS) is 11.7. The molecule has 1 amide bonds. The summed E-state index contributed by atoms with van der Waals surface area (Å²) in [5, 5.41) is 0.648. The quantitative estimate of drug-likeness (QED) is 0.397. The fraction of sp³-hybridized carbons (Fsp3) is 0.130. The Bertz CT molecular complexity index is 1230. The minimum absolute atomic E-state index is 0.315. The number of benzene rings is 3. The van der Waals surface area contributed by atoms with Crippen LogP contribution in [0.1, 0.15) is 10.4 Å². The number of carbonyl (C=O) groups excluding carboxylic acids is 1. The fourth-order valence-electron chi connectivity index (χ4n) is 2.97. The molecule has 7 heteroatoms. The number of hydrogen-bond acceptors (Lipinski definition) is 4. The molecule has 3 aromatic carbocycles. The summed E-state index contributed by atoms with van der Waals surface area (Å²) in [5.74, 6) is 1.08. The van der Waals surface area contributed by atoms with Gasteiger partial charge < -0.3 is 14.0 Å². The lowest BCUT2D eigenvalue weighted by molar-refractivity contribution is 0.0997. The molecule has 5 nitrogen and oxygen atoms in total. The zero-order valence-electron chi connectivity index (χ0n) is 16.2. The minimum Gasteiger partial charge on any atom is -0.457 e. The predicted octanol–water partition coefficient (Wildman–Crippen LogP) is 5.54. The van der Waals surface area contributed by atoms with Crippen LogP contribution in [0.4, 0.5) is 0 Å². The maximum absolute atomic E-state index is 12.8. The van der Waals surface area contributed by atoms with Crippen molar-refractivity contribution in [3.05, 3.63) is 88.2 Å². The largest absolute Gasteiger partial charge is 0.457 e. The Balaban J connectivity index is 1.62. The van der Waals surface area contributed by atoms with Gasteiger partial charge in [-0.2, -0.15) is 4.99 Å². The van der Waals surface area contributed by atoms with Crippen LogP contribution in [0, 0.1) is 0 Å². The lowest BCUT2D eigenvalue weighted by atomic mass is 10.2. The van der Waals surface area contributed by atoms with Crippen LogP contribution in [0.15, 0.2) is 77.8 Å². The number of fused-ring (bicyclic) bond motifs is 1. The first-order valence-corrected chi connectivity index (χ1v) is 10.5. The van der Waals surface area contributed by atoms with Crippen molar-refractivity contribution >= 4 is 39.1 Å². The highest BCUT2D eigenvalue weighted by Gasteiger charge is 2.10. The van der Waals surface area contributed by atoms with Crippen molar-refractivity contribution < 1.29 is 14.3 Å². The van der Waals surface area contributed by atoms with Gasteiger partial charge in [0.15, 0.2) is 4.80 Å². The lowest BCUT2D eigenvalue weighted by Crippen LogP contribution is -2.19. The van der Waals surface area contributed by atoms with Crippen LogP contribution in [0.3, 0.4) is 0 Å². The van der Waals surface area contributed by atoms with Gasteiger partial charge in [0.25, 0.3) is 5.91 Å². The molecule has 152 valence electrons. The van der Waals surface area contributed by atoms with E-state index in [-0.39, 0.29) is 5.91 Å². The van der Waals surface area contributed by atoms with Gasteiger partial charge in [-0.25, -0.2) is 0 Å². The van der Waals surface area contributed by atoms with E-state index in [0.717, 1.165) is 16.0 Å². The molecule has 0 N–H and O–H groups in total. The Morgan fingerprint density at radius 2 is 1.77 bits per heavy atom. The second kappa shape index (κ2) is 9.26. The van der Waals surface area contributed by atoms with Crippen molar-refractivity contribution in [1.82, 2.24) is 4.57 Å². The summed E-state index contributed by atoms with van der Waals surface area (Å²) in [7, 11) is 1.65. The summed E-state index contributed by atoms with van der Waals surface area (Å²) in [6, 6.07) is 22.1. The Morgan fingerprint density at radius 3 is 2.50 bits per heavy atom. The molecule has 0 fully saturated rings. The van der Waals surface area contributed by atoms with Gasteiger partial charge in [-0.05, 0) is 54.6 Å². The van der Waals surface area contributed by atoms with Crippen molar-refractivity contribution in [2.24, 2.45) is 4.99 Å². The molecular weight excluding hydrogens is 420 g/mol. The second-order valence-corrected chi connectivity index (χ2v) is 7.94. The van der Waals surface area contributed by atoms with E-state index in [9.17, 15) is 4.79 Å². The van der Waals surface area contributed by atoms with Gasteiger partial charge in [-0.3, -0.25) is 4.79 Å². The van der Waals surface area contributed by atoms with Crippen molar-refractivity contribution in [2.75, 3.05) is 13.7 Å². The smallest absolute Gasteiger partial charge is 0.279 e. The first-order valence-electron chi connectivity index (χ1n) is 9.34. The van der Waals surface area contributed by atoms with Gasteiger partial charge in [-0.1, -0.05) is 41.1 Å². The number of methoxy groups -OCH3 is 1. The number of halogens is 1. The third kappa shape index (κ3) is 4.62. The molecule has 0 aliphatic carbocycles. The van der Waals surface area contributed by atoms with E-state index in [1.807, 2.05) is 53.1 Å². The highest BCUT2D eigenvalue weighted by atomic mass is 35.5. The monoisotopic (exact) mass is 438 g/mol. The molecule has 0 atom stereocenters. The summed E-state index contributed by atoms with van der Waals surface area (Å²) < 4.78 is 13.9. The van der Waals surface area contributed by atoms with Crippen LogP contribution in [-0.2, 0) is 11.3 Å². The average molecular weight is 439 g/mol. The molecule has 0 saturated carbocycles. The van der Waals surface area contributed by atoms with Crippen LogP contribution in [0.5, 0.6) is 11.5 Å². The molecule has 30 heavy (non-hydrogen) atoms. The van der Waals surface area contributed by atoms with Crippen molar-refractivity contribution in [1.29, 1.82) is 0 Å². The van der Waals surface area contributed by atoms with Gasteiger partial charge in [0.1, 0.15) is 11.5 Å². The summed E-state index contributed by atoms with van der Waals surface area (Å²) in [5.41, 5.74) is 1.46. The topological polar surface area (TPSA) is 52.8 Å². The molecule has 4 rings (SSSR count). The summed E-state index contributed by atoms with van der Waals surface area (Å²) >= 11 is 7.55. The number of hydrogen-bond donors (Lipinski definition) is 0. The molecule has 1 heterocycles. The first kappa shape index (κ1) is 20.3. The number of nitrogens with zero attached hydrogens (tertiary/aromatic N) is 2. The summed E-state index contributed by atoms with van der Waals surface area (Å²) in [4.78, 5) is 17.8. The maximum atomic E-state index is 12.8. The van der Waals surface area contributed by atoms with Gasteiger partial charge in [0.2, 0.25) is 0 Å². The van der Waals surface area contributed by atoms with Gasteiger partial charge in [-0.15, -0.1) is 0 Å². The van der Waals surface area contributed by atoms with Crippen molar-refractivity contribution in [2.45, 2.75) is 6.54 Å².